The average Bonchev–Trinajstić information content (AvgIpc) is 3.38. The Kier molecular flexibility index (Phi) is 8.38. The molecule has 2 heterocycles. The summed E-state index contributed by atoms with van der Waals surface area (Å²) in [5, 5.41) is 7.16. The SMILES string of the molecule is CCCN(CCCNc1c2ccc(Cl)cc2nc2ccc(OC)cc12)Cc1ccc(-c2cccc(Cl)c2)o1. The first kappa shape index (κ1) is 26.4. The average molecular weight is 549 g/mol. The van der Waals surface area contributed by atoms with E-state index in [4.69, 9.17) is 37.3 Å². The highest BCUT2D eigenvalue weighted by molar-refractivity contribution is 6.31. The van der Waals surface area contributed by atoms with Gasteiger partial charge in [-0.25, -0.2) is 4.98 Å². The normalized spacial score (nSPS) is 11.5. The molecule has 0 aliphatic carbocycles. The van der Waals surface area contributed by atoms with Crippen molar-refractivity contribution in [1.82, 2.24) is 9.88 Å². The summed E-state index contributed by atoms with van der Waals surface area (Å²) in [5.74, 6) is 2.60. The number of ether oxygens (including phenoxy) is 1. The van der Waals surface area contributed by atoms with Gasteiger partial charge in [0.1, 0.15) is 17.3 Å². The molecule has 0 radical (unpaired) electrons. The van der Waals surface area contributed by atoms with Crippen LogP contribution in [0.1, 0.15) is 25.5 Å². The van der Waals surface area contributed by atoms with Crippen LogP contribution in [0.4, 0.5) is 5.69 Å². The number of methoxy groups -OCH3 is 1. The maximum Gasteiger partial charge on any atom is 0.134 e. The number of rotatable bonds is 11. The van der Waals surface area contributed by atoms with Gasteiger partial charge in [-0.3, -0.25) is 4.90 Å². The van der Waals surface area contributed by atoms with Crippen molar-refractivity contribution in [2.24, 2.45) is 0 Å². The van der Waals surface area contributed by atoms with Gasteiger partial charge in [0.25, 0.3) is 0 Å². The molecule has 5 aromatic rings. The van der Waals surface area contributed by atoms with E-state index >= 15 is 0 Å². The van der Waals surface area contributed by atoms with Gasteiger partial charge in [0.15, 0.2) is 0 Å². The summed E-state index contributed by atoms with van der Waals surface area (Å²) in [5.41, 5.74) is 3.83. The number of furan rings is 1. The summed E-state index contributed by atoms with van der Waals surface area (Å²) in [6.07, 6.45) is 2.06. The highest BCUT2D eigenvalue weighted by Gasteiger charge is 2.13. The second kappa shape index (κ2) is 12.1. The van der Waals surface area contributed by atoms with Crippen LogP contribution in [0.25, 0.3) is 33.1 Å². The van der Waals surface area contributed by atoms with Crippen LogP contribution in [0.5, 0.6) is 5.75 Å². The fourth-order valence-electron chi connectivity index (χ4n) is 4.80. The van der Waals surface area contributed by atoms with E-state index in [0.29, 0.717) is 10.0 Å². The molecular formula is C31H31Cl2N3O2. The molecule has 0 saturated heterocycles. The minimum atomic E-state index is 0.676. The molecule has 0 fully saturated rings. The topological polar surface area (TPSA) is 50.5 Å². The molecule has 0 aliphatic heterocycles. The maximum absolute atomic E-state index is 6.27. The summed E-state index contributed by atoms with van der Waals surface area (Å²) in [4.78, 5) is 7.26. The minimum absolute atomic E-state index is 0.676. The molecule has 196 valence electrons. The predicted octanol–water partition coefficient (Wildman–Crippen LogP) is 8.68. The zero-order valence-corrected chi connectivity index (χ0v) is 23.1. The molecule has 1 N–H and O–H groups in total. The van der Waals surface area contributed by atoms with E-state index in [1.54, 1.807) is 7.11 Å². The maximum atomic E-state index is 6.27. The van der Waals surface area contributed by atoms with Crippen molar-refractivity contribution in [3.63, 3.8) is 0 Å². The Hall–Kier alpha value is -3.25. The third-order valence-corrected chi connectivity index (χ3v) is 7.06. The lowest BCUT2D eigenvalue weighted by Crippen LogP contribution is -2.26. The van der Waals surface area contributed by atoms with Gasteiger partial charge in [0, 0.05) is 39.5 Å². The Morgan fingerprint density at radius 2 is 1.76 bits per heavy atom. The number of nitrogens with zero attached hydrogens (tertiary/aromatic N) is 2. The highest BCUT2D eigenvalue weighted by Crippen LogP contribution is 2.34. The number of aromatic nitrogens is 1. The van der Waals surface area contributed by atoms with Crippen LogP contribution in [0.2, 0.25) is 10.0 Å². The van der Waals surface area contributed by atoms with Crippen LogP contribution in [-0.4, -0.2) is 36.6 Å². The standard InChI is InChI=1S/C31H31Cl2N3O2/c1-3-15-36(20-25-10-13-30(38-25)21-6-4-7-22(32)17-21)16-5-14-34-31-26-11-8-23(33)18-29(26)35-28-12-9-24(37-2)19-27(28)31/h4,6-13,17-19H,3,5,14-16,20H2,1-2H3,(H,34,35). The molecule has 0 bridgehead atoms. The molecule has 2 aromatic heterocycles. The van der Waals surface area contributed by atoms with Crippen molar-refractivity contribution < 1.29 is 9.15 Å². The van der Waals surface area contributed by atoms with Gasteiger partial charge in [-0.2, -0.15) is 0 Å². The van der Waals surface area contributed by atoms with Gasteiger partial charge in [0.2, 0.25) is 0 Å². The number of hydrogen-bond donors (Lipinski definition) is 1. The van der Waals surface area contributed by atoms with E-state index in [-0.39, 0.29) is 0 Å². The largest absolute Gasteiger partial charge is 0.497 e. The molecule has 0 saturated carbocycles. The van der Waals surface area contributed by atoms with Crippen LogP contribution < -0.4 is 10.1 Å². The van der Waals surface area contributed by atoms with Gasteiger partial charge < -0.3 is 14.5 Å². The third kappa shape index (κ3) is 6.07. The van der Waals surface area contributed by atoms with E-state index in [9.17, 15) is 0 Å². The molecule has 7 heteroatoms. The lowest BCUT2D eigenvalue weighted by atomic mass is 10.1. The third-order valence-electron chi connectivity index (χ3n) is 6.59. The van der Waals surface area contributed by atoms with Crippen molar-refractivity contribution in [3.8, 4) is 17.1 Å². The van der Waals surface area contributed by atoms with Crippen LogP contribution >= 0.6 is 23.2 Å². The number of anilines is 1. The Morgan fingerprint density at radius 3 is 2.58 bits per heavy atom. The van der Waals surface area contributed by atoms with E-state index < -0.39 is 0 Å². The number of pyridine rings is 1. The molecular weight excluding hydrogens is 517 g/mol. The van der Waals surface area contributed by atoms with Gasteiger partial charge in [0.05, 0.1) is 30.4 Å². The Morgan fingerprint density at radius 1 is 0.895 bits per heavy atom. The quantitative estimate of drug-likeness (QED) is 0.132. The minimum Gasteiger partial charge on any atom is -0.497 e. The molecule has 0 amide bonds. The predicted molar refractivity (Wildman–Crippen MR) is 159 cm³/mol. The Balaban J connectivity index is 1.28. The fraction of sp³-hybridized carbons (Fsp3) is 0.258. The molecule has 3 aromatic carbocycles. The number of nitrogens with one attached hydrogen (secondary N) is 1. The number of fused-ring (bicyclic) bond motifs is 2. The van der Waals surface area contributed by atoms with Crippen LogP contribution in [0, 0.1) is 0 Å². The van der Waals surface area contributed by atoms with E-state index in [0.717, 1.165) is 89.3 Å². The zero-order chi connectivity index (χ0) is 26.5. The summed E-state index contributed by atoms with van der Waals surface area (Å²) >= 11 is 12.4. The first-order chi connectivity index (χ1) is 18.5. The lowest BCUT2D eigenvalue weighted by molar-refractivity contribution is 0.244. The van der Waals surface area contributed by atoms with Crippen molar-refractivity contribution in [2.75, 3.05) is 32.1 Å². The van der Waals surface area contributed by atoms with E-state index in [1.807, 2.05) is 66.7 Å². The molecule has 0 unspecified atom stereocenters. The molecule has 5 rings (SSSR count). The number of hydrogen-bond acceptors (Lipinski definition) is 5. The Bertz CT molecular complexity index is 1550. The summed E-state index contributed by atoms with van der Waals surface area (Å²) in [6.45, 7) is 5.75. The van der Waals surface area contributed by atoms with Crippen LogP contribution in [0.3, 0.4) is 0 Å². The van der Waals surface area contributed by atoms with Gasteiger partial charge in [-0.1, -0.05) is 42.3 Å². The van der Waals surface area contributed by atoms with Crippen molar-refractivity contribution in [2.45, 2.75) is 26.3 Å². The van der Waals surface area contributed by atoms with Crippen LogP contribution in [-0.2, 0) is 6.54 Å². The van der Waals surface area contributed by atoms with Crippen molar-refractivity contribution >= 4 is 50.7 Å². The smallest absolute Gasteiger partial charge is 0.134 e. The monoisotopic (exact) mass is 547 g/mol. The first-order valence-electron chi connectivity index (χ1n) is 12.9. The zero-order valence-electron chi connectivity index (χ0n) is 21.6. The van der Waals surface area contributed by atoms with E-state index in [1.165, 1.54) is 0 Å². The van der Waals surface area contributed by atoms with Gasteiger partial charge >= 0.3 is 0 Å². The highest BCUT2D eigenvalue weighted by atomic mass is 35.5. The van der Waals surface area contributed by atoms with E-state index in [2.05, 4.69) is 23.2 Å². The number of halogens is 2. The lowest BCUT2D eigenvalue weighted by Gasteiger charge is -2.21. The fourth-order valence-corrected chi connectivity index (χ4v) is 5.15. The van der Waals surface area contributed by atoms with Crippen LogP contribution in [0.15, 0.2) is 77.2 Å². The molecule has 0 spiro atoms. The Labute approximate surface area is 233 Å². The molecule has 38 heavy (non-hydrogen) atoms. The molecule has 0 atom stereocenters. The summed E-state index contributed by atoms with van der Waals surface area (Å²) < 4.78 is 11.6. The summed E-state index contributed by atoms with van der Waals surface area (Å²) in [7, 11) is 1.68. The summed E-state index contributed by atoms with van der Waals surface area (Å²) in [6, 6.07) is 23.6. The second-order valence-corrected chi connectivity index (χ2v) is 10.2. The van der Waals surface area contributed by atoms with Gasteiger partial charge in [-0.15, -0.1) is 0 Å². The van der Waals surface area contributed by atoms with Crippen molar-refractivity contribution in [3.05, 3.63) is 88.6 Å². The van der Waals surface area contributed by atoms with Crippen molar-refractivity contribution in [1.29, 1.82) is 0 Å². The molecule has 0 aliphatic rings. The number of benzene rings is 3. The van der Waals surface area contributed by atoms with Gasteiger partial charge in [-0.05, 0) is 80.1 Å². The second-order valence-electron chi connectivity index (χ2n) is 9.36. The molecule has 5 nitrogen and oxygen atoms in total. The first-order valence-corrected chi connectivity index (χ1v) is 13.7.